The number of para-hydroxylation sites is 1. The van der Waals surface area contributed by atoms with Crippen LogP contribution >= 0.6 is 0 Å². The molecule has 0 atom stereocenters. The van der Waals surface area contributed by atoms with E-state index in [1.54, 1.807) is 18.2 Å². The normalized spacial score (nSPS) is 16.4. The van der Waals surface area contributed by atoms with Gasteiger partial charge < -0.3 is 14.8 Å². The molecule has 1 fully saturated rings. The van der Waals surface area contributed by atoms with Gasteiger partial charge in [0.15, 0.2) is 23.9 Å². The molecular weight excluding hydrogens is 489 g/mol. The Kier molecular flexibility index (Phi) is 6.99. The number of halogens is 3. The number of alkyl halides is 3. The summed E-state index contributed by atoms with van der Waals surface area (Å²) in [5, 5.41) is 2.83. The molecular formula is C22H23F3N4O5S. The highest BCUT2D eigenvalue weighted by atomic mass is 32.2. The fourth-order valence-corrected chi connectivity index (χ4v) is 3.98. The van der Waals surface area contributed by atoms with Gasteiger partial charge in [0, 0.05) is 11.5 Å². The van der Waals surface area contributed by atoms with E-state index < -0.39 is 28.7 Å². The van der Waals surface area contributed by atoms with Crippen LogP contribution in [0.5, 0.6) is 5.75 Å². The highest BCUT2D eigenvalue weighted by Crippen LogP contribution is 2.41. The lowest BCUT2D eigenvalue weighted by molar-refractivity contribution is -0.153. The van der Waals surface area contributed by atoms with Crippen molar-refractivity contribution in [2.75, 3.05) is 31.4 Å². The Balaban J connectivity index is 1.74. The summed E-state index contributed by atoms with van der Waals surface area (Å²) >= 11 is 0. The number of amides is 1. The predicted molar refractivity (Wildman–Crippen MR) is 121 cm³/mol. The first kappa shape index (κ1) is 24.9. The quantitative estimate of drug-likeness (QED) is 0.551. The number of aromatic nitrogens is 2. The van der Waals surface area contributed by atoms with Crippen molar-refractivity contribution in [3.63, 3.8) is 0 Å². The SMILES string of the molecule is CS(=O)(=O)NC(=O)c1nc(C2CC2)cnc1Nc1cccc(C2=CCOCC2)c1OCC(F)(F)F. The minimum absolute atomic E-state index is 0.0829. The van der Waals surface area contributed by atoms with Crippen molar-refractivity contribution in [1.29, 1.82) is 0 Å². The number of sulfonamides is 1. The number of benzene rings is 1. The summed E-state index contributed by atoms with van der Waals surface area (Å²) in [6, 6.07) is 4.73. The zero-order chi connectivity index (χ0) is 25.2. The van der Waals surface area contributed by atoms with Crippen LogP contribution in [0.4, 0.5) is 24.7 Å². The fraction of sp³-hybridized carbons (Fsp3) is 0.409. The van der Waals surface area contributed by atoms with Crippen LogP contribution in [0.2, 0.25) is 0 Å². The van der Waals surface area contributed by atoms with E-state index in [1.165, 1.54) is 12.3 Å². The average Bonchev–Trinajstić information content (AvgIpc) is 3.63. The molecule has 13 heteroatoms. The lowest BCUT2D eigenvalue weighted by Gasteiger charge is -2.21. The molecule has 35 heavy (non-hydrogen) atoms. The van der Waals surface area contributed by atoms with E-state index in [0.29, 0.717) is 30.9 Å². The molecule has 1 aromatic heterocycles. The van der Waals surface area contributed by atoms with E-state index in [2.05, 4.69) is 15.3 Å². The van der Waals surface area contributed by atoms with E-state index in [1.807, 2.05) is 4.72 Å². The van der Waals surface area contributed by atoms with E-state index in [4.69, 9.17) is 9.47 Å². The second kappa shape index (κ2) is 9.82. The molecule has 1 aliphatic carbocycles. The average molecular weight is 513 g/mol. The second-order valence-electron chi connectivity index (χ2n) is 8.24. The monoisotopic (exact) mass is 512 g/mol. The zero-order valence-corrected chi connectivity index (χ0v) is 19.5. The van der Waals surface area contributed by atoms with E-state index in [-0.39, 0.29) is 28.9 Å². The van der Waals surface area contributed by atoms with Gasteiger partial charge in [-0.3, -0.25) is 4.79 Å². The third-order valence-electron chi connectivity index (χ3n) is 5.24. The molecule has 0 spiro atoms. The molecule has 0 unspecified atom stereocenters. The molecule has 2 aromatic rings. The van der Waals surface area contributed by atoms with Gasteiger partial charge in [-0.1, -0.05) is 18.2 Å². The molecule has 1 amide bonds. The van der Waals surface area contributed by atoms with Crippen LogP contribution in [0.25, 0.3) is 5.57 Å². The number of ether oxygens (including phenoxy) is 2. The predicted octanol–water partition coefficient (Wildman–Crippen LogP) is 3.53. The maximum atomic E-state index is 13.0. The van der Waals surface area contributed by atoms with Crippen molar-refractivity contribution in [2.24, 2.45) is 0 Å². The number of anilines is 2. The first-order chi connectivity index (χ1) is 16.5. The molecule has 1 aromatic carbocycles. The molecule has 4 rings (SSSR count). The standard InChI is InChI=1S/C22H23F3N4O5S/c1-35(31,32)29-21(30)18-20(26-11-17(27-18)14-5-6-14)28-16-4-2-3-15(13-7-9-33-10-8-13)19(16)34-12-22(23,24)25/h2-4,7,11,14H,5-6,8-10,12H2,1H3,(H,26,28)(H,29,30). The lowest BCUT2D eigenvalue weighted by atomic mass is 9.99. The van der Waals surface area contributed by atoms with Gasteiger partial charge in [-0.05, 0) is 30.9 Å². The Morgan fingerprint density at radius 3 is 2.69 bits per heavy atom. The topological polar surface area (TPSA) is 120 Å². The molecule has 0 saturated heterocycles. The van der Waals surface area contributed by atoms with Gasteiger partial charge in [0.05, 0.1) is 37.0 Å². The minimum Gasteiger partial charge on any atom is -0.481 e. The first-order valence-electron chi connectivity index (χ1n) is 10.8. The van der Waals surface area contributed by atoms with Gasteiger partial charge in [-0.25, -0.2) is 23.1 Å². The number of nitrogens with zero attached hydrogens (tertiary/aromatic N) is 2. The second-order valence-corrected chi connectivity index (χ2v) is 9.98. The summed E-state index contributed by atoms with van der Waals surface area (Å²) in [6.07, 6.45) is 1.67. The van der Waals surface area contributed by atoms with Crippen molar-refractivity contribution < 1.29 is 35.9 Å². The van der Waals surface area contributed by atoms with E-state index in [0.717, 1.165) is 24.7 Å². The molecule has 1 aliphatic heterocycles. The van der Waals surface area contributed by atoms with E-state index >= 15 is 0 Å². The summed E-state index contributed by atoms with van der Waals surface area (Å²) in [4.78, 5) is 21.2. The molecule has 2 heterocycles. The Bertz CT molecular complexity index is 1260. The maximum Gasteiger partial charge on any atom is 0.422 e. The molecule has 1 saturated carbocycles. The van der Waals surface area contributed by atoms with Gasteiger partial charge in [0.2, 0.25) is 10.0 Å². The summed E-state index contributed by atoms with van der Waals surface area (Å²) in [7, 11) is -3.90. The van der Waals surface area contributed by atoms with E-state index in [9.17, 15) is 26.4 Å². The van der Waals surface area contributed by atoms with Gasteiger partial charge in [0.25, 0.3) is 5.91 Å². The van der Waals surface area contributed by atoms with Crippen LogP contribution in [-0.4, -0.2) is 56.5 Å². The Labute approximate surface area is 199 Å². The minimum atomic E-state index is -4.58. The third-order valence-corrected chi connectivity index (χ3v) is 5.79. The largest absolute Gasteiger partial charge is 0.481 e. The highest BCUT2D eigenvalue weighted by molar-refractivity contribution is 7.89. The maximum absolute atomic E-state index is 13.0. The Hall–Kier alpha value is -3.19. The smallest absolute Gasteiger partial charge is 0.422 e. The molecule has 2 aliphatic rings. The number of hydrogen-bond donors (Lipinski definition) is 2. The molecule has 0 radical (unpaired) electrons. The molecule has 188 valence electrons. The van der Waals surface area contributed by atoms with Gasteiger partial charge >= 0.3 is 6.18 Å². The number of carbonyl (C=O) groups excluding carboxylic acids is 1. The number of carbonyl (C=O) groups is 1. The van der Waals surface area contributed by atoms with Crippen LogP contribution in [0, 0.1) is 0 Å². The van der Waals surface area contributed by atoms with Crippen LogP contribution < -0.4 is 14.8 Å². The highest BCUT2D eigenvalue weighted by Gasteiger charge is 2.31. The van der Waals surface area contributed by atoms with Crippen molar-refractivity contribution in [1.82, 2.24) is 14.7 Å². The summed E-state index contributed by atoms with van der Waals surface area (Å²) in [5.74, 6) is -1.09. The van der Waals surface area contributed by atoms with Crippen molar-refractivity contribution in [3.8, 4) is 5.75 Å². The van der Waals surface area contributed by atoms with Crippen molar-refractivity contribution in [3.05, 3.63) is 47.4 Å². The number of rotatable bonds is 8. The van der Waals surface area contributed by atoms with Crippen molar-refractivity contribution in [2.45, 2.75) is 31.4 Å². The van der Waals surface area contributed by atoms with Crippen LogP contribution in [0.3, 0.4) is 0 Å². The van der Waals surface area contributed by atoms with Crippen LogP contribution in [0.15, 0.2) is 30.5 Å². The van der Waals surface area contributed by atoms with Gasteiger partial charge in [0.1, 0.15) is 0 Å². The number of hydrogen-bond acceptors (Lipinski definition) is 8. The Morgan fingerprint density at radius 1 is 1.29 bits per heavy atom. The fourth-order valence-electron chi connectivity index (χ4n) is 3.54. The summed E-state index contributed by atoms with van der Waals surface area (Å²) < 4.78 is 74.6. The van der Waals surface area contributed by atoms with Crippen LogP contribution in [-0.2, 0) is 14.8 Å². The molecule has 0 bridgehead atoms. The summed E-state index contributed by atoms with van der Waals surface area (Å²) in [5.41, 5.74) is 1.54. The third kappa shape index (κ3) is 6.69. The van der Waals surface area contributed by atoms with Gasteiger partial charge in [-0.15, -0.1) is 0 Å². The molecule has 2 N–H and O–H groups in total. The first-order valence-corrected chi connectivity index (χ1v) is 12.6. The number of nitrogens with one attached hydrogen (secondary N) is 2. The van der Waals surface area contributed by atoms with Crippen LogP contribution in [0.1, 0.15) is 46.9 Å². The molecule has 9 nitrogen and oxygen atoms in total. The lowest BCUT2D eigenvalue weighted by Crippen LogP contribution is -2.31. The van der Waals surface area contributed by atoms with Crippen molar-refractivity contribution >= 4 is 33.0 Å². The zero-order valence-electron chi connectivity index (χ0n) is 18.7. The van der Waals surface area contributed by atoms with Gasteiger partial charge in [-0.2, -0.15) is 13.2 Å². The Morgan fingerprint density at radius 2 is 2.06 bits per heavy atom. The summed E-state index contributed by atoms with van der Waals surface area (Å²) in [6.45, 7) is -0.808.